The molecule has 2 aromatic rings. The number of aromatic nitrogens is 1. The Labute approximate surface area is 145 Å². The second-order valence-corrected chi connectivity index (χ2v) is 5.74. The minimum Gasteiger partial charge on any atom is -0.369 e. The van der Waals surface area contributed by atoms with Crippen molar-refractivity contribution >= 4 is 5.69 Å². The van der Waals surface area contributed by atoms with Crippen LogP contribution in [-0.4, -0.2) is 31.2 Å². The Bertz CT molecular complexity index is 588. The van der Waals surface area contributed by atoms with Gasteiger partial charge in [0.2, 0.25) is 0 Å². The Morgan fingerprint density at radius 1 is 0.875 bits per heavy atom. The van der Waals surface area contributed by atoms with Gasteiger partial charge in [-0.15, -0.1) is 0 Å². The molecule has 1 aromatic carbocycles. The van der Waals surface area contributed by atoms with Crippen LogP contribution in [0, 0.1) is 20.7 Å². The van der Waals surface area contributed by atoms with E-state index in [-0.39, 0.29) is 20.7 Å². The molecule has 4 heteroatoms. The lowest BCUT2D eigenvalue weighted by Crippen LogP contribution is -2.32. The lowest BCUT2D eigenvalue weighted by atomic mass is 10.1. The first-order chi connectivity index (χ1) is 10.8. The third-order valence-electron chi connectivity index (χ3n) is 4.11. The molecule has 1 aliphatic heterocycles. The molecule has 2 heterocycles. The second kappa shape index (κ2) is 10.0. The lowest BCUT2D eigenvalue weighted by molar-refractivity contribution is 0.628. The molecule has 4 radical (unpaired) electrons. The summed E-state index contributed by atoms with van der Waals surface area (Å²) in [6.45, 7) is 4.17. The standard InChI is InChI=1S/C18H22FN3.2CH2/c19-17-6-4-15(5-7-17)16-12-18(14-21-13-16)22-10-3-1-2-8-20-9-11-22;;/h4-7,12-14,20H,1-3,8-11H2;2*1H2. The first-order valence-corrected chi connectivity index (χ1v) is 7.99. The van der Waals surface area contributed by atoms with E-state index in [9.17, 15) is 4.39 Å². The molecule has 1 saturated heterocycles. The van der Waals surface area contributed by atoms with Gasteiger partial charge in [-0.25, -0.2) is 4.39 Å². The third-order valence-corrected chi connectivity index (χ3v) is 4.11. The van der Waals surface area contributed by atoms with E-state index in [2.05, 4.69) is 21.3 Å². The molecule has 1 aromatic heterocycles. The van der Waals surface area contributed by atoms with Crippen LogP contribution in [0.4, 0.5) is 10.1 Å². The number of rotatable bonds is 2. The van der Waals surface area contributed by atoms with Crippen molar-refractivity contribution < 1.29 is 4.39 Å². The maximum absolute atomic E-state index is 13.1. The van der Waals surface area contributed by atoms with E-state index in [1.807, 2.05) is 12.4 Å². The minimum absolute atomic E-state index is 0. The number of benzene rings is 1. The predicted molar refractivity (Wildman–Crippen MR) is 99.3 cm³/mol. The molecule has 1 N–H and O–H groups in total. The van der Waals surface area contributed by atoms with E-state index >= 15 is 0 Å². The summed E-state index contributed by atoms with van der Waals surface area (Å²) in [6, 6.07) is 8.74. The molecule has 3 rings (SSSR count). The van der Waals surface area contributed by atoms with Crippen LogP contribution in [0.5, 0.6) is 0 Å². The van der Waals surface area contributed by atoms with Gasteiger partial charge in [-0.3, -0.25) is 4.98 Å². The quantitative estimate of drug-likeness (QED) is 0.899. The normalized spacial score (nSPS) is 15.3. The van der Waals surface area contributed by atoms with Crippen molar-refractivity contribution in [3.63, 3.8) is 0 Å². The van der Waals surface area contributed by atoms with Crippen molar-refractivity contribution in [2.45, 2.75) is 19.3 Å². The number of nitrogens with zero attached hydrogens (tertiary/aromatic N) is 2. The van der Waals surface area contributed by atoms with Gasteiger partial charge in [0, 0.05) is 31.4 Å². The monoisotopic (exact) mass is 327 g/mol. The summed E-state index contributed by atoms with van der Waals surface area (Å²) in [5.74, 6) is -0.209. The average molecular weight is 327 g/mol. The molecular formula is C20H26FN3. The first kappa shape index (κ1) is 20.1. The summed E-state index contributed by atoms with van der Waals surface area (Å²) >= 11 is 0. The molecule has 0 amide bonds. The number of anilines is 1. The minimum atomic E-state index is -0.209. The number of halogens is 1. The van der Waals surface area contributed by atoms with Crippen molar-refractivity contribution in [3.05, 3.63) is 63.4 Å². The van der Waals surface area contributed by atoms with Gasteiger partial charge in [0.1, 0.15) is 5.82 Å². The van der Waals surface area contributed by atoms with Crippen LogP contribution in [0.1, 0.15) is 19.3 Å². The van der Waals surface area contributed by atoms with Gasteiger partial charge in [-0.1, -0.05) is 33.4 Å². The molecule has 0 unspecified atom stereocenters. The molecule has 0 aliphatic carbocycles. The third kappa shape index (κ3) is 5.31. The summed E-state index contributed by atoms with van der Waals surface area (Å²) < 4.78 is 13.1. The fourth-order valence-electron chi connectivity index (χ4n) is 2.84. The SMILES string of the molecule is Fc1ccc(-c2cncc(N3CCCCCNCC3)c2)cc1.[CH2].[CH2]. The number of hydrogen-bond acceptors (Lipinski definition) is 3. The van der Waals surface area contributed by atoms with Crippen LogP contribution in [-0.2, 0) is 0 Å². The zero-order valence-electron chi connectivity index (χ0n) is 14.2. The molecule has 0 spiro atoms. The summed E-state index contributed by atoms with van der Waals surface area (Å²) in [7, 11) is 0. The maximum Gasteiger partial charge on any atom is 0.123 e. The summed E-state index contributed by atoms with van der Waals surface area (Å²) in [6.07, 6.45) is 7.48. The largest absolute Gasteiger partial charge is 0.369 e. The van der Waals surface area contributed by atoms with Crippen molar-refractivity contribution in [3.8, 4) is 11.1 Å². The van der Waals surface area contributed by atoms with Gasteiger partial charge in [0.25, 0.3) is 0 Å². The molecule has 0 atom stereocenters. The molecule has 0 saturated carbocycles. The van der Waals surface area contributed by atoms with E-state index in [1.165, 1.54) is 31.4 Å². The summed E-state index contributed by atoms with van der Waals surface area (Å²) in [4.78, 5) is 6.77. The van der Waals surface area contributed by atoms with Crippen molar-refractivity contribution in [1.82, 2.24) is 10.3 Å². The summed E-state index contributed by atoms with van der Waals surface area (Å²) in [5, 5.41) is 3.48. The molecule has 128 valence electrons. The van der Waals surface area contributed by atoms with E-state index in [1.54, 1.807) is 12.1 Å². The number of hydrogen-bond donors (Lipinski definition) is 1. The predicted octanol–water partition coefficient (Wildman–Crippen LogP) is 4.12. The number of pyridine rings is 1. The summed E-state index contributed by atoms with van der Waals surface area (Å²) in [5.41, 5.74) is 3.17. The highest BCUT2D eigenvalue weighted by Crippen LogP contribution is 2.24. The van der Waals surface area contributed by atoms with Gasteiger partial charge in [-0.2, -0.15) is 0 Å². The zero-order chi connectivity index (χ0) is 15.2. The smallest absolute Gasteiger partial charge is 0.123 e. The van der Waals surface area contributed by atoms with E-state index in [4.69, 9.17) is 0 Å². The fraction of sp³-hybridized carbons (Fsp3) is 0.350. The maximum atomic E-state index is 13.1. The average Bonchev–Trinajstić information content (AvgIpc) is 2.69. The fourth-order valence-corrected chi connectivity index (χ4v) is 2.84. The van der Waals surface area contributed by atoms with Crippen LogP contribution in [0.2, 0.25) is 0 Å². The van der Waals surface area contributed by atoms with Crippen LogP contribution in [0.15, 0.2) is 42.7 Å². The topological polar surface area (TPSA) is 28.2 Å². The van der Waals surface area contributed by atoms with E-state index in [0.29, 0.717) is 0 Å². The van der Waals surface area contributed by atoms with Crippen LogP contribution in [0.25, 0.3) is 11.1 Å². The van der Waals surface area contributed by atoms with Gasteiger partial charge < -0.3 is 10.2 Å². The van der Waals surface area contributed by atoms with E-state index in [0.717, 1.165) is 43.0 Å². The van der Waals surface area contributed by atoms with E-state index < -0.39 is 0 Å². The van der Waals surface area contributed by atoms with Crippen LogP contribution >= 0.6 is 0 Å². The second-order valence-electron chi connectivity index (χ2n) is 5.74. The van der Waals surface area contributed by atoms with Crippen molar-refractivity contribution in [2.75, 3.05) is 31.1 Å². The Balaban J connectivity index is 0.00000144. The number of nitrogens with one attached hydrogen (secondary N) is 1. The molecule has 3 nitrogen and oxygen atoms in total. The molecule has 1 aliphatic rings. The molecular weight excluding hydrogens is 301 g/mol. The van der Waals surface area contributed by atoms with Crippen molar-refractivity contribution in [2.24, 2.45) is 0 Å². The zero-order valence-corrected chi connectivity index (χ0v) is 14.2. The molecule has 0 bridgehead atoms. The van der Waals surface area contributed by atoms with Crippen LogP contribution in [0.3, 0.4) is 0 Å². The highest BCUT2D eigenvalue weighted by Gasteiger charge is 2.10. The van der Waals surface area contributed by atoms with Crippen molar-refractivity contribution in [1.29, 1.82) is 0 Å². The highest BCUT2D eigenvalue weighted by atomic mass is 19.1. The van der Waals surface area contributed by atoms with Gasteiger partial charge in [-0.05, 0) is 43.1 Å². The Kier molecular flexibility index (Phi) is 8.41. The highest BCUT2D eigenvalue weighted by molar-refractivity contribution is 5.67. The van der Waals surface area contributed by atoms with Crippen LogP contribution < -0.4 is 10.2 Å². The molecule has 1 fully saturated rings. The van der Waals surface area contributed by atoms with Gasteiger partial charge in [0.05, 0.1) is 11.9 Å². The van der Waals surface area contributed by atoms with Gasteiger partial charge in [0.15, 0.2) is 0 Å². The lowest BCUT2D eigenvalue weighted by Gasteiger charge is -2.24. The van der Waals surface area contributed by atoms with Gasteiger partial charge >= 0.3 is 0 Å². The Morgan fingerprint density at radius 3 is 2.46 bits per heavy atom. The molecule has 24 heavy (non-hydrogen) atoms. The Morgan fingerprint density at radius 2 is 1.67 bits per heavy atom. The first-order valence-electron chi connectivity index (χ1n) is 7.99. The Hall–Kier alpha value is -1.94.